The van der Waals surface area contributed by atoms with Crippen LogP contribution in [0.3, 0.4) is 0 Å². The molecule has 0 aliphatic rings. The van der Waals surface area contributed by atoms with E-state index in [0.29, 0.717) is 6.04 Å². The highest BCUT2D eigenvalue weighted by Crippen LogP contribution is 2.28. The highest BCUT2D eigenvalue weighted by atomic mass is 79.9. The number of halogens is 1. The van der Waals surface area contributed by atoms with Gasteiger partial charge in [-0.25, -0.2) is 0 Å². The second-order valence-corrected chi connectivity index (χ2v) is 5.46. The number of nitrogens with one attached hydrogen (secondary N) is 1. The molecule has 0 spiro atoms. The Hall–Kier alpha value is 0.100. The average Bonchev–Trinajstić information content (AvgIpc) is 2.64. The Labute approximate surface area is 104 Å². The first-order chi connectivity index (χ1) is 7.15. The number of hydrogen-bond acceptors (Lipinski definition) is 3. The Morgan fingerprint density at radius 2 is 2.33 bits per heavy atom. The molecule has 86 valence electrons. The van der Waals surface area contributed by atoms with E-state index in [4.69, 9.17) is 0 Å². The van der Waals surface area contributed by atoms with Crippen molar-refractivity contribution in [2.45, 2.75) is 38.8 Å². The summed E-state index contributed by atoms with van der Waals surface area (Å²) in [7, 11) is 0. The zero-order chi connectivity index (χ0) is 11.3. The number of aliphatic hydroxyl groups excluding tert-OH is 1. The van der Waals surface area contributed by atoms with E-state index in [1.165, 1.54) is 9.35 Å². The molecule has 0 saturated carbocycles. The van der Waals surface area contributed by atoms with Gasteiger partial charge in [-0.2, -0.15) is 0 Å². The van der Waals surface area contributed by atoms with Crippen molar-refractivity contribution in [2.75, 3.05) is 6.54 Å². The van der Waals surface area contributed by atoms with Gasteiger partial charge < -0.3 is 10.4 Å². The summed E-state index contributed by atoms with van der Waals surface area (Å²) in [5, 5.41) is 14.9. The molecule has 0 radical (unpaired) electrons. The quantitative estimate of drug-likeness (QED) is 0.843. The van der Waals surface area contributed by atoms with Crippen LogP contribution in [0.2, 0.25) is 0 Å². The van der Waals surface area contributed by atoms with Crippen LogP contribution >= 0.6 is 27.3 Å². The maximum absolute atomic E-state index is 9.41. The predicted molar refractivity (Wildman–Crippen MR) is 69.4 cm³/mol. The number of rotatable bonds is 6. The van der Waals surface area contributed by atoms with Crippen LogP contribution in [-0.2, 0) is 0 Å². The Bertz CT molecular complexity index is 290. The molecule has 2 unspecified atom stereocenters. The molecular formula is C11H18BrNOS. The molecule has 15 heavy (non-hydrogen) atoms. The first-order valence-corrected chi connectivity index (χ1v) is 6.96. The normalized spacial score (nSPS) is 15.2. The lowest BCUT2D eigenvalue weighted by atomic mass is 10.2. The second-order valence-electron chi connectivity index (χ2n) is 3.66. The average molecular weight is 292 g/mol. The smallest absolute Gasteiger partial charge is 0.0549 e. The molecule has 0 saturated heterocycles. The summed E-state index contributed by atoms with van der Waals surface area (Å²) in [6.07, 6.45) is 1.49. The molecule has 1 rings (SSSR count). The van der Waals surface area contributed by atoms with Gasteiger partial charge in [-0.15, -0.1) is 11.3 Å². The maximum atomic E-state index is 9.41. The summed E-state index contributed by atoms with van der Waals surface area (Å²) in [6, 6.07) is 2.42. The minimum Gasteiger partial charge on any atom is -0.393 e. The number of aliphatic hydroxyl groups is 1. The van der Waals surface area contributed by atoms with Crippen molar-refractivity contribution < 1.29 is 5.11 Å². The molecule has 2 N–H and O–H groups in total. The van der Waals surface area contributed by atoms with E-state index < -0.39 is 0 Å². The highest BCUT2D eigenvalue weighted by molar-refractivity contribution is 9.10. The van der Waals surface area contributed by atoms with E-state index in [0.717, 1.165) is 19.4 Å². The molecule has 0 aliphatic heterocycles. The molecule has 0 fully saturated rings. The Kier molecular flexibility index (Phi) is 5.82. The van der Waals surface area contributed by atoms with E-state index in [-0.39, 0.29) is 6.10 Å². The molecule has 0 aromatic carbocycles. The summed E-state index contributed by atoms with van der Waals surface area (Å²) in [5.74, 6) is 0. The largest absolute Gasteiger partial charge is 0.393 e. The van der Waals surface area contributed by atoms with Crippen molar-refractivity contribution in [3.8, 4) is 0 Å². The standard InChI is InChI=1S/C11H18BrNOS/c1-3-9(14)4-6-13-8(2)11-10(12)5-7-15-11/h5,7-9,13-14H,3-4,6H2,1-2H3. The number of hydrogen-bond donors (Lipinski definition) is 2. The molecule has 1 aromatic rings. The van der Waals surface area contributed by atoms with E-state index in [1.807, 2.05) is 6.92 Å². The zero-order valence-electron chi connectivity index (χ0n) is 9.16. The van der Waals surface area contributed by atoms with Crippen LogP contribution in [0.25, 0.3) is 0 Å². The van der Waals surface area contributed by atoms with Crippen LogP contribution < -0.4 is 5.32 Å². The predicted octanol–water partition coefficient (Wildman–Crippen LogP) is 3.32. The van der Waals surface area contributed by atoms with Gasteiger partial charge in [-0.05, 0) is 53.7 Å². The zero-order valence-corrected chi connectivity index (χ0v) is 11.6. The van der Waals surface area contributed by atoms with Crippen molar-refractivity contribution in [3.05, 3.63) is 20.8 Å². The Morgan fingerprint density at radius 3 is 2.87 bits per heavy atom. The van der Waals surface area contributed by atoms with E-state index in [9.17, 15) is 5.11 Å². The Morgan fingerprint density at radius 1 is 1.60 bits per heavy atom. The fourth-order valence-corrected chi connectivity index (χ4v) is 3.13. The summed E-state index contributed by atoms with van der Waals surface area (Å²) in [5.41, 5.74) is 0. The highest BCUT2D eigenvalue weighted by Gasteiger charge is 2.10. The van der Waals surface area contributed by atoms with Crippen LogP contribution in [0.15, 0.2) is 15.9 Å². The van der Waals surface area contributed by atoms with Crippen molar-refractivity contribution in [2.24, 2.45) is 0 Å². The van der Waals surface area contributed by atoms with Gasteiger partial charge in [-0.3, -0.25) is 0 Å². The number of thiophene rings is 1. The SMILES string of the molecule is CCC(O)CCNC(C)c1sccc1Br. The fourth-order valence-electron chi connectivity index (χ4n) is 1.38. The summed E-state index contributed by atoms with van der Waals surface area (Å²) < 4.78 is 1.17. The van der Waals surface area contributed by atoms with Gasteiger partial charge in [-0.1, -0.05) is 6.92 Å². The van der Waals surface area contributed by atoms with E-state index in [1.54, 1.807) is 11.3 Å². The minimum atomic E-state index is -0.170. The molecule has 2 nitrogen and oxygen atoms in total. The summed E-state index contributed by atoms with van der Waals surface area (Å²) in [6.45, 7) is 5.01. The van der Waals surface area contributed by atoms with Gasteiger partial charge in [0.05, 0.1) is 6.10 Å². The van der Waals surface area contributed by atoms with Crippen LogP contribution in [0.1, 0.15) is 37.6 Å². The van der Waals surface area contributed by atoms with Gasteiger partial charge >= 0.3 is 0 Å². The molecule has 0 bridgehead atoms. The van der Waals surface area contributed by atoms with Gasteiger partial charge in [0, 0.05) is 15.4 Å². The first-order valence-electron chi connectivity index (χ1n) is 5.29. The minimum absolute atomic E-state index is 0.170. The molecule has 1 heterocycles. The van der Waals surface area contributed by atoms with E-state index >= 15 is 0 Å². The lowest BCUT2D eigenvalue weighted by molar-refractivity contribution is 0.159. The molecule has 2 atom stereocenters. The fraction of sp³-hybridized carbons (Fsp3) is 0.636. The molecule has 0 amide bonds. The van der Waals surface area contributed by atoms with Crippen LogP contribution in [-0.4, -0.2) is 17.8 Å². The summed E-state index contributed by atoms with van der Waals surface area (Å²) in [4.78, 5) is 1.32. The third-order valence-electron chi connectivity index (χ3n) is 2.44. The third-order valence-corrected chi connectivity index (χ3v) is 4.49. The van der Waals surface area contributed by atoms with Gasteiger partial charge in [0.25, 0.3) is 0 Å². The lowest BCUT2D eigenvalue weighted by Gasteiger charge is -2.14. The van der Waals surface area contributed by atoms with E-state index in [2.05, 4.69) is 39.6 Å². The Balaban J connectivity index is 2.31. The second kappa shape index (κ2) is 6.63. The maximum Gasteiger partial charge on any atom is 0.0549 e. The third kappa shape index (κ3) is 4.23. The van der Waals surface area contributed by atoms with Crippen LogP contribution in [0, 0.1) is 0 Å². The lowest BCUT2D eigenvalue weighted by Crippen LogP contribution is -2.22. The molecular weight excluding hydrogens is 274 g/mol. The van der Waals surface area contributed by atoms with Crippen LogP contribution in [0.5, 0.6) is 0 Å². The molecule has 0 aliphatic carbocycles. The van der Waals surface area contributed by atoms with Crippen molar-refractivity contribution in [3.63, 3.8) is 0 Å². The van der Waals surface area contributed by atoms with Crippen molar-refractivity contribution >= 4 is 27.3 Å². The monoisotopic (exact) mass is 291 g/mol. The molecule has 4 heteroatoms. The van der Waals surface area contributed by atoms with Gasteiger partial charge in [0.1, 0.15) is 0 Å². The molecule has 1 aromatic heterocycles. The van der Waals surface area contributed by atoms with Crippen molar-refractivity contribution in [1.29, 1.82) is 0 Å². The first kappa shape index (κ1) is 13.2. The summed E-state index contributed by atoms with van der Waals surface area (Å²) >= 11 is 5.27. The van der Waals surface area contributed by atoms with Gasteiger partial charge in [0.15, 0.2) is 0 Å². The van der Waals surface area contributed by atoms with Crippen molar-refractivity contribution in [1.82, 2.24) is 5.32 Å². The topological polar surface area (TPSA) is 32.3 Å². The van der Waals surface area contributed by atoms with Gasteiger partial charge in [0.2, 0.25) is 0 Å². The van der Waals surface area contributed by atoms with Crippen LogP contribution in [0.4, 0.5) is 0 Å².